The van der Waals surface area contributed by atoms with Crippen LogP contribution in [0.3, 0.4) is 0 Å². The van der Waals surface area contributed by atoms with E-state index < -0.39 is 11.9 Å². The van der Waals surface area contributed by atoms with Gasteiger partial charge in [0.25, 0.3) is 0 Å². The number of hydrogen-bond donors (Lipinski definition) is 3. The predicted molar refractivity (Wildman–Crippen MR) is 101 cm³/mol. The van der Waals surface area contributed by atoms with Crippen LogP contribution in [-0.2, 0) is 9.59 Å². The summed E-state index contributed by atoms with van der Waals surface area (Å²) in [6.07, 6.45) is 0. The number of nitrogens with two attached hydrogens (primary N) is 1. The molecular weight excluding hydrogens is 338 g/mol. The van der Waals surface area contributed by atoms with Crippen LogP contribution in [0.4, 0.5) is 5.69 Å². The molecule has 2 aromatic rings. The minimum Gasteiger partial charge on any atom is -0.368 e. The molecule has 0 bridgehead atoms. The Morgan fingerprint density at radius 3 is 2.48 bits per heavy atom. The van der Waals surface area contributed by atoms with Gasteiger partial charge in [0, 0.05) is 16.6 Å². The lowest BCUT2D eigenvalue weighted by Crippen LogP contribution is -2.47. The summed E-state index contributed by atoms with van der Waals surface area (Å²) in [7, 11) is 0. The summed E-state index contributed by atoms with van der Waals surface area (Å²) in [6, 6.07) is 14.2. The van der Waals surface area contributed by atoms with Crippen molar-refractivity contribution >= 4 is 29.1 Å². The summed E-state index contributed by atoms with van der Waals surface area (Å²) >= 11 is 5.95. The average molecular weight is 360 g/mol. The number of benzene rings is 2. The first kappa shape index (κ1) is 19.0. The largest absolute Gasteiger partial charge is 0.368 e. The third-order valence-electron chi connectivity index (χ3n) is 4.09. The lowest BCUT2D eigenvalue weighted by Gasteiger charge is -2.22. The summed E-state index contributed by atoms with van der Waals surface area (Å²) in [5, 5.41) is 6.28. The van der Waals surface area contributed by atoms with Crippen LogP contribution in [0.2, 0.25) is 5.02 Å². The molecule has 132 valence electrons. The highest BCUT2D eigenvalue weighted by Crippen LogP contribution is 2.21. The molecule has 0 radical (unpaired) electrons. The van der Waals surface area contributed by atoms with E-state index in [4.69, 9.17) is 17.3 Å². The summed E-state index contributed by atoms with van der Waals surface area (Å²) in [5.41, 5.74) is 8.03. The van der Waals surface area contributed by atoms with Gasteiger partial charge in [0.1, 0.15) is 0 Å². The Labute approximate surface area is 152 Å². The highest BCUT2D eigenvalue weighted by molar-refractivity contribution is 6.31. The van der Waals surface area contributed by atoms with Crippen molar-refractivity contribution in [2.45, 2.75) is 25.8 Å². The van der Waals surface area contributed by atoms with E-state index in [1.54, 1.807) is 12.1 Å². The molecule has 0 saturated carbocycles. The highest BCUT2D eigenvalue weighted by Gasteiger charge is 2.24. The smallest absolute Gasteiger partial charge is 0.238 e. The number of carbonyl (C=O) groups is 2. The molecule has 2 rings (SSSR count). The minimum absolute atomic E-state index is 0.0310. The monoisotopic (exact) mass is 359 g/mol. The zero-order chi connectivity index (χ0) is 18.4. The van der Waals surface area contributed by atoms with Gasteiger partial charge in [-0.05, 0) is 30.2 Å². The minimum atomic E-state index is -0.645. The molecule has 0 aliphatic heterocycles. The fourth-order valence-corrected chi connectivity index (χ4v) is 2.77. The van der Waals surface area contributed by atoms with Crippen molar-refractivity contribution in [3.8, 4) is 0 Å². The maximum absolute atomic E-state index is 12.2. The first-order chi connectivity index (χ1) is 11.9. The van der Waals surface area contributed by atoms with E-state index in [0.29, 0.717) is 10.7 Å². The molecule has 0 saturated heterocycles. The maximum atomic E-state index is 12.2. The molecule has 0 heterocycles. The highest BCUT2D eigenvalue weighted by atomic mass is 35.5. The lowest BCUT2D eigenvalue weighted by molar-refractivity contribution is -0.120. The van der Waals surface area contributed by atoms with Crippen LogP contribution in [0.1, 0.15) is 24.0 Å². The standard InChI is InChI=1S/C19H22ClN3O2/c1-12-8-9-15(20)10-16(12)23-17(24)11-22-18(19(21)25)13(2)14-6-4-3-5-7-14/h3-10,13,18,22H,11H2,1-2H3,(H2,21,25)(H,23,24). The Kier molecular flexibility index (Phi) is 6.56. The molecule has 0 aromatic heterocycles. The van der Waals surface area contributed by atoms with Gasteiger partial charge < -0.3 is 11.1 Å². The van der Waals surface area contributed by atoms with Gasteiger partial charge in [-0.15, -0.1) is 0 Å². The van der Waals surface area contributed by atoms with Crippen molar-refractivity contribution in [3.63, 3.8) is 0 Å². The normalized spacial score (nSPS) is 13.1. The van der Waals surface area contributed by atoms with Gasteiger partial charge in [-0.25, -0.2) is 0 Å². The van der Waals surface area contributed by atoms with Gasteiger partial charge >= 0.3 is 0 Å². The summed E-state index contributed by atoms with van der Waals surface area (Å²) in [5.74, 6) is -0.917. The van der Waals surface area contributed by atoms with Crippen LogP contribution >= 0.6 is 11.6 Å². The third kappa shape index (κ3) is 5.31. The second-order valence-corrected chi connectivity index (χ2v) is 6.40. The van der Waals surface area contributed by atoms with E-state index in [0.717, 1.165) is 11.1 Å². The van der Waals surface area contributed by atoms with Crippen LogP contribution in [0.25, 0.3) is 0 Å². The Balaban J connectivity index is 2.00. The van der Waals surface area contributed by atoms with E-state index in [9.17, 15) is 9.59 Å². The fourth-order valence-electron chi connectivity index (χ4n) is 2.60. The number of anilines is 1. The first-order valence-corrected chi connectivity index (χ1v) is 8.40. The van der Waals surface area contributed by atoms with E-state index in [2.05, 4.69) is 10.6 Å². The molecule has 4 N–H and O–H groups in total. The van der Waals surface area contributed by atoms with E-state index in [1.165, 1.54) is 0 Å². The molecule has 25 heavy (non-hydrogen) atoms. The number of carbonyl (C=O) groups excluding carboxylic acids is 2. The number of amides is 2. The molecule has 2 atom stereocenters. The third-order valence-corrected chi connectivity index (χ3v) is 4.32. The molecule has 2 amide bonds. The maximum Gasteiger partial charge on any atom is 0.238 e. The number of hydrogen-bond acceptors (Lipinski definition) is 3. The molecule has 5 nitrogen and oxygen atoms in total. The molecule has 0 spiro atoms. The SMILES string of the molecule is Cc1ccc(Cl)cc1NC(=O)CNC(C(N)=O)C(C)c1ccccc1. The number of rotatable bonds is 7. The second kappa shape index (κ2) is 8.65. The molecule has 6 heteroatoms. The van der Waals surface area contributed by atoms with Crippen molar-refractivity contribution in [1.82, 2.24) is 5.32 Å². The van der Waals surface area contributed by atoms with Gasteiger partial charge in [-0.1, -0.05) is 54.9 Å². The van der Waals surface area contributed by atoms with Crippen molar-refractivity contribution in [2.75, 3.05) is 11.9 Å². The van der Waals surface area contributed by atoms with Crippen LogP contribution in [-0.4, -0.2) is 24.4 Å². The molecule has 2 aromatic carbocycles. The van der Waals surface area contributed by atoms with Crippen molar-refractivity contribution < 1.29 is 9.59 Å². The molecular formula is C19H22ClN3O2. The summed E-state index contributed by atoms with van der Waals surface area (Å²) < 4.78 is 0. The Morgan fingerprint density at radius 1 is 1.16 bits per heavy atom. The predicted octanol–water partition coefficient (Wildman–Crippen LogP) is 2.83. The van der Waals surface area contributed by atoms with Crippen molar-refractivity contribution in [2.24, 2.45) is 5.73 Å². The van der Waals surface area contributed by atoms with Gasteiger partial charge in [0.2, 0.25) is 11.8 Å². The Morgan fingerprint density at radius 2 is 1.84 bits per heavy atom. The van der Waals surface area contributed by atoms with E-state index >= 15 is 0 Å². The Hall–Kier alpha value is -2.37. The molecule has 0 aliphatic carbocycles. The van der Waals surface area contributed by atoms with Crippen LogP contribution in [0, 0.1) is 6.92 Å². The molecule has 2 unspecified atom stereocenters. The van der Waals surface area contributed by atoms with Crippen LogP contribution in [0.15, 0.2) is 48.5 Å². The molecule has 0 fully saturated rings. The topological polar surface area (TPSA) is 84.2 Å². The van der Waals surface area contributed by atoms with Crippen molar-refractivity contribution in [3.05, 3.63) is 64.7 Å². The van der Waals surface area contributed by atoms with Gasteiger partial charge in [0.05, 0.1) is 12.6 Å². The second-order valence-electron chi connectivity index (χ2n) is 5.97. The first-order valence-electron chi connectivity index (χ1n) is 8.02. The fraction of sp³-hybridized carbons (Fsp3) is 0.263. The summed E-state index contributed by atoms with van der Waals surface area (Å²) in [4.78, 5) is 24.0. The van der Waals surface area contributed by atoms with Crippen molar-refractivity contribution in [1.29, 1.82) is 0 Å². The quantitative estimate of drug-likeness (QED) is 0.710. The van der Waals surface area contributed by atoms with Gasteiger partial charge in [0.15, 0.2) is 0 Å². The Bertz CT molecular complexity index is 750. The van der Waals surface area contributed by atoms with E-state index in [-0.39, 0.29) is 18.4 Å². The number of nitrogens with one attached hydrogen (secondary N) is 2. The van der Waals surface area contributed by atoms with E-state index in [1.807, 2.05) is 50.2 Å². The number of primary amides is 1. The zero-order valence-electron chi connectivity index (χ0n) is 14.3. The lowest BCUT2D eigenvalue weighted by atomic mass is 9.93. The molecule has 0 aliphatic rings. The van der Waals surface area contributed by atoms with Gasteiger partial charge in [-0.2, -0.15) is 0 Å². The van der Waals surface area contributed by atoms with Gasteiger partial charge in [-0.3, -0.25) is 14.9 Å². The zero-order valence-corrected chi connectivity index (χ0v) is 15.0. The number of aryl methyl sites for hydroxylation is 1. The van der Waals surface area contributed by atoms with Crippen LogP contribution < -0.4 is 16.4 Å². The summed E-state index contributed by atoms with van der Waals surface area (Å²) in [6.45, 7) is 3.75. The average Bonchev–Trinajstić information content (AvgIpc) is 2.58. The van der Waals surface area contributed by atoms with Crippen LogP contribution in [0.5, 0.6) is 0 Å². The number of halogens is 1.